The zero-order valence-corrected chi connectivity index (χ0v) is 12.8. The lowest BCUT2D eigenvalue weighted by molar-refractivity contribution is -0.137. The van der Waals surface area contributed by atoms with Crippen molar-refractivity contribution in [2.45, 2.75) is 45.1 Å². The van der Waals surface area contributed by atoms with Crippen molar-refractivity contribution < 1.29 is 4.79 Å². The Bertz CT molecular complexity index is 445. The molecule has 1 aliphatic rings. The lowest BCUT2D eigenvalue weighted by Gasteiger charge is -2.38. The topological polar surface area (TPSA) is 46.3 Å². The summed E-state index contributed by atoms with van der Waals surface area (Å²) in [5.74, 6) is 0.783. The number of hydrogen-bond donors (Lipinski definition) is 1. The third kappa shape index (κ3) is 3.04. The van der Waals surface area contributed by atoms with Gasteiger partial charge in [-0.25, -0.2) is 0 Å². The van der Waals surface area contributed by atoms with Gasteiger partial charge in [0.1, 0.15) is 0 Å². The van der Waals surface area contributed by atoms with E-state index in [9.17, 15) is 4.79 Å². The second-order valence-electron chi connectivity index (χ2n) is 6.48. The van der Waals surface area contributed by atoms with Crippen LogP contribution < -0.4 is 5.73 Å². The van der Waals surface area contributed by atoms with Crippen LogP contribution in [0.15, 0.2) is 30.3 Å². The monoisotopic (exact) mass is 274 g/mol. The summed E-state index contributed by atoms with van der Waals surface area (Å²) < 4.78 is 0. The van der Waals surface area contributed by atoms with Crippen LogP contribution in [0.3, 0.4) is 0 Å². The summed E-state index contributed by atoms with van der Waals surface area (Å²) in [4.78, 5) is 14.8. The second-order valence-corrected chi connectivity index (χ2v) is 6.48. The number of likely N-dealkylation sites (tertiary alicyclic amines) is 1. The molecule has 1 saturated heterocycles. The highest BCUT2D eigenvalue weighted by atomic mass is 16.2. The van der Waals surface area contributed by atoms with Crippen molar-refractivity contribution >= 4 is 5.91 Å². The second kappa shape index (κ2) is 5.96. The fraction of sp³-hybridized carbons (Fsp3) is 0.588. The number of hydrogen-bond acceptors (Lipinski definition) is 2. The molecule has 20 heavy (non-hydrogen) atoms. The highest BCUT2D eigenvalue weighted by Crippen LogP contribution is 2.28. The van der Waals surface area contributed by atoms with Gasteiger partial charge < -0.3 is 10.6 Å². The first-order valence-electron chi connectivity index (χ1n) is 7.53. The average Bonchev–Trinajstić information content (AvgIpc) is 2.47. The SMILES string of the molecule is CC(N)C1CCN(C(=O)C(C)(C)c2ccccc2)CC1. The summed E-state index contributed by atoms with van der Waals surface area (Å²) >= 11 is 0. The summed E-state index contributed by atoms with van der Waals surface area (Å²) in [5.41, 5.74) is 6.59. The predicted octanol–water partition coefficient (Wildman–Crippen LogP) is 2.55. The molecule has 2 N–H and O–H groups in total. The first-order valence-corrected chi connectivity index (χ1v) is 7.53. The molecule has 3 nitrogen and oxygen atoms in total. The van der Waals surface area contributed by atoms with Gasteiger partial charge in [-0.1, -0.05) is 30.3 Å². The molecule has 1 aliphatic heterocycles. The third-order valence-corrected chi connectivity index (χ3v) is 4.60. The molecule has 110 valence electrons. The maximum Gasteiger partial charge on any atom is 0.232 e. The Kier molecular flexibility index (Phi) is 4.48. The smallest absolute Gasteiger partial charge is 0.232 e. The molecular weight excluding hydrogens is 248 g/mol. The summed E-state index contributed by atoms with van der Waals surface area (Å²) in [6.45, 7) is 7.77. The van der Waals surface area contributed by atoms with Gasteiger partial charge >= 0.3 is 0 Å². The van der Waals surface area contributed by atoms with Gasteiger partial charge in [-0.15, -0.1) is 0 Å². The predicted molar refractivity (Wildman–Crippen MR) is 82.4 cm³/mol. The molecule has 0 aromatic heterocycles. The van der Waals surface area contributed by atoms with Crippen LogP contribution in [-0.2, 0) is 10.2 Å². The first-order chi connectivity index (χ1) is 9.43. The Morgan fingerprint density at radius 3 is 2.30 bits per heavy atom. The quantitative estimate of drug-likeness (QED) is 0.920. The van der Waals surface area contributed by atoms with Crippen molar-refractivity contribution in [2.24, 2.45) is 11.7 Å². The molecule has 0 radical (unpaired) electrons. The number of nitrogens with zero attached hydrogens (tertiary/aromatic N) is 1. The summed E-state index contributed by atoms with van der Waals surface area (Å²) in [6, 6.07) is 10.3. The van der Waals surface area contributed by atoms with E-state index in [0.29, 0.717) is 5.92 Å². The van der Waals surface area contributed by atoms with Crippen molar-refractivity contribution in [1.82, 2.24) is 4.90 Å². The van der Waals surface area contributed by atoms with E-state index in [1.807, 2.05) is 49.1 Å². The standard InChI is InChI=1S/C17H26N2O/c1-13(18)14-9-11-19(12-10-14)16(20)17(2,3)15-7-5-4-6-8-15/h4-8,13-14H,9-12,18H2,1-3H3. The molecule has 1 aromatic rings. The van der Waals surface area contributed by atoms with Gasteiger partial charge in [-0.2, -0.15) is 0 Å². The van der Waals surface area contributed by atoms with Crippen LogP contribution in [0.5, 0.6) is 0 Å². The molecule has 1 heterocycles. The highest BCUT2D eigenvalue weighted by Gasteiger charge is 2.35. The molecule has 0 spiro atoms. The van der Waals surface area contributed by atoms with Crippen molar-refractivity contribution in [3.63, 3.8) is 0 Å². The van der Waals surface area contributed by atoms with E-state index in [-0.39, 0.29) is 11.9 Å². The summed E-state index contributed by atoms with van der Waals surface area (Å²) in [5, 5.41) is 0. The summed E-state index contributed by atoms with van der Waals surface area (Å²) in [6.07, 6.45) is 2.04. The van der Waals surface area contributed by atoms with Crippen LogP contribution in [0.25, 0.3) is 0 Å². The van der Waals surface area contributed by atoms with Crippen LogP contribution in [0.4, 0.5) is 0 Å². The van der Waals surface area contributed by atoms with Gasteiger partial charge in [-0.05, 0) is 45.1 Å². The van der Waals surface area contributed by atoms with Crippen LogP contribution >= 0.6 is 0 Å². The first kappa shape index (κ1) is 15.0. The number of carbonyl (C=O) groups excluding carboxylic acids is 1. The molecule has 1 amide bonds. The van der Waals surface area contributed by atoms with E-state index >= 15 is 0 Å². The number of carbonyl (C=O) groups is 1. The average molecular weight is 274 g/mol. The van der Waals surface area contributed by atoms with Gasteiger partial charge in [-0.3, -0.25) is 4.79 Å². The van der Waals surface area contributed by atoms with Crippen LogP contribution in [0.1, 0.15) is 39.2 Å². The molecule has 0 saturated carbocycles. The van der Waals surface area contributed by atoms with Crippen molar-refractivity contribution in [2.75, 3.05) is 13.1 Å². The third-order valence-electron chi connectivity index (χ3n) is 4.60. The fourth-order valence-electron chi connectivity index (χ4n) is 3.00. The number of piperidine rings is 1. The zero-order chi connectivity index (χ0) is 14.8. The van der Waals surface area contributed by atoms with Crippen LogP contribution in [-0.4, -0.2) is 29.9 Å². The normalized spacial score (nSPS) is 18.9. The lowest BCUT2D eigenvalue weighted by atomic mass is 9.82. The minimum absolute atomic E-state index is 0.229. The van der Waals surface area contributed by atoms with Gasteiger partial charge in [0, 0.05) is 19.1 Å². The van der Waals surface area contributed by atoms with E-state index in [1.54, 1.807) is 0 Å². The number of rotatable bonds is 3. The maximum absolute atomic E-state index is 12.8. The Balaban J connectivity index is 2.05. The minimum atomic E-state index is -0.456. The van der Waals surface area contributed by atoms with E-state index in [2.05, 4.69) is 6.92 Å². The van der Waals surface area contributed by atoms with E-state index in [1.165, 1.54) is 0 Å². The number of amides is 1. The van der Waals surface area contributed by atoms with Gasteiger partial charge in [0.05, 0.1) is 5.41 Å². The Morgan fingerprint density at radius 2 is 1.80 bits per heavy atom. The van der Waals surface area contributed by atoms with E-state index in [4.69, 9.17) is 5.73 Å². The van der Waals surface area contributed by atoms with Crippen LogP contribution in [0.2, 0.25) is 0 Å². The number of benzene rings is 1. The molecule has 1 unspecified atom stereocenters. The Hall–Kier alpha value is -1.35. The zero-order valence-electron chi connectivity index (χ0n) is 12.8. The Morgan fingerprint density at radius 1 is 1.25 bits per heavy atom. The lowest BCUT2D eigenvalue weighted by Crippen LogP contribution is -2.48. The molecule has 1 fully saturated rings. The van der Waals surface area contributed by atoms with E-state index < -0.39 is 5.41 Å². The van der Waals surface area contributed by atoms with Gasteiger partial charge in [0.25, 0.3) is 0 Å². The number of nitrogens with two attached hydrogens (primary N) is 1. The molecule has 0 bridgehead atoms. The highest BCUT2D eigenvalue weighted by molar-refractivity contribution is 5.87. The van der Waals surface area contributed by atoms with Crippen LogP contribution in [0, 0.1) is 5.92 Å². The Labute approximate surface area is 122 Å². The summed E-state index contributed by atoms with van der Waals surface area (Å²) in [7, 11) is 0. The minimum Gasteiger partial charge on any atom is -0.342 e. The molecule has 1 aromatic carbocycles. The van der Waals surface area contributed by atoms with Gasteiger partial charge in [0.2, 0.25) is 5.91 Å². The van der Waals surface area contributed by atoms with Crippen molar-refractivity contribution in [1.29, 1.82) is 0 Å². The van der Waals surface area contributed by atoms with Crippen molar-refractivity contribution in [3.8, 4) is 0 Å². The van der Waals surface area contributed by atoms with E-state index in [0.717, 1.165) is 31.5 Å². The fourth-order valence-corrected chi connectivity index (χ4v) is 3.00. The molecule has 2 rings (SSSR count). The van der Waals surface area contributed by atoms with Crippen molar-refractivity contribution in [3.05, 3.63) is 35.9 Å². The molecule has 0 aliphatic carbocycles. The molecular formula is C17H26N2O. The van der Waals surface area contributed by atoms with Gasteiger partial charge in [0.15, 0.2) is 0 Å². The largest absolute Gasteiger partial charge is 0.342 e. The maximum atomic E-state index is 12.8. The molecule has 1 atom stereocenters. The molecule has 3 heteroatoms.